The number of benzene rings is 1. The Kier molecular flexibility index (Phi) is 5.62. The molecule has 1 fully saturated rings. The molecule has 0 saturated carbocycles. The summed E-state index contributed by atoms with van der Waals surface area (Å²) >= 11 is 0. The van der Waals surface area contributed by atoms with Gasteiger partial charge in [0.1, 0.15) is 12.4 Å². The molecule has 0 aromatic heterocycles. The van der Waals surface area contributed by atoms with Gasteiger partial charge in [-0.05, 0) is 51.3 Å². The van der Waals surface area contributed by atoms with Crippen molar-refractivity contribution in [1.82, 2.24) is 4.90 Å². The van der Waals surface area contributed by atoms with E-state index in [-0.39, 0.29) is 5.91 Å². The van der Waals surface area contributed by atoms with E-state index in [9.17, 15) is 4.79 Å². The smallest absolute Gasteiger partial charge is 0.254 e. The van der Waals surface area contributed by atoms with Gasteiger partial charge in [-0.3, -0.25) is 4.79 Å². The number of nitrogens with zero attached hydrogens (tertiary/aromatic N) is 1. The first-order valence-electron chi connectivity index (χ1n) is 7.68. The lowest BCUT2D eigenvalue weighted by molar-refractivity contribution is 0.0510. The Balaban J connectivity index is 2.09. The molecule has 4 heteroatoms. The first-order valence-corrected chi connectivity index (χ1v) is 7.68. The zero-order valence-electron chi connectivity index (χ0n) is 13.2. The van der Waals surface area contributed by atoms with E-state index in [1.807, 2.05) is 29.2 Å². The standard InChI is InChI=1S/C17H25NO3/c1-13-6-4-7-14(2)18(13)17(19)15-8-5-9-16(12-15)21-11-10-20-3/h5,8-9,12-14H,4,6-7,10-11H2,1-3H3/t13-,14-/m1/s1. The van der Waals surface area contributed by atoms with Crippen molar-refractivity contribution in [2.75, 3.05) is 20.3 Å². The first-order chi connectivity index (χ1) is 10.1. The van der Waals surface area contributed by atoms with Crippen LogP contribution in [0.1, 0.15) is 43.5 Å². The van der Waals surface area contributed by atoms with Gasteiger partial charge in [-0.2, -0.15) is 0 Å². The fraction of sp³-hybridized carbons (Fsp3) is 0.588. The molecule has 2 atom stereocenters. The number of rotatable bonds is 5. The third-order valence-electron chi connectivity index (χ3n) is 4.07. The maximum absolute atomic E-state index is 12.7. The van der Waals surface area contributed by atoms with Gasteiger partial charge in [0.15, 0.2) is 0 Å². The monoisotopic (exact) mass is 291 g/mol. The Morgan fingerprint density at radius 1 is 1.24 bits per heavy atom. The summed E-state index contributed by atoms with van der Waals surface area (Å²) in [5, 5.41) is 0. The molecule has 1 aromatic carbocycles. The van der Waals surface area contributed by atoms with Crippen molar-refractivity contribution in [1.29, 1.82) is 0 Å². The molecule has 4 nitrogen and oxygen atoms in total. The van der Waals surface area contributed by atoms with Gasteiger partial charge in [0, 0.05) is 24.8 Å². The predicted molar refractivity (Wildman–Crippen MR) is 82.8 cm³/mol. The molecule has 0 spiro atoms. The maximum atomic E-state index is 12.7. The minimum absolute atomic E-state index is 0.104. The number of hydrogen-bond donors (Lipinski definition) is 0. The van der Waals surface area contributed by atoms with E-state index in [0.717, 1.165) is 18.6 Å². The number of hydrogen-bond acceptors (Lipinski definition) is 3. The van der Waals surface area contributed by atoms with Crippen LogP contribution in [-0.2, 0) is 4.74 Å². The van der Waals surface area contributed by atoms with E-state index < -0.39 is 0 Å². The Hall–Kier alpha value is -1.55. The van der Waals surface area contributed by atoms with E-state index in [4.69, 9.17) is 9.47 Å². The first kappa shape index (κ1) is 15.8. The zero-order chi connectivity index (χ0) is 15.2. The summed E-state index contributed by atoms with van der Waals surface area (Å²) < 4.78 is 10.5. The number of carbonyl (C=O) groups excluding carboxylic acids is 1. The molecule has 0 N–H and O–H groups in total. The van der Waals surface area contributed by atoms with Crippen molar-refractivity contribution in [3.05, 3.63) is 29.8 Å². The molecule has 1 aliphatic heterocycles. The SMILES string of the molecule is COCCOc1cccc(C(=O)N2[C@H](C)CCC[C@H]2C)c1. The van der Waals surface area contributed by atoms with Crippen LogP contribution >= 0.6 is 0 Å². The highest BCUT2D eigenvalue weighted by Crippen LogP contribution is 2.25. The van der Waals surface area contributed by atoms with Gasteiger partial charge in [-0.25, -0.2) is 0 Å². The lowest BCUT2D eigenvalue weighted by atomic mass is 9.96. The molecule has 1 amide bonds. The average molecular weight is 291 g/mol. The maximum Gasteiger partial charge on any atom is 0.254 e. The van der Waals surface area contributed by atoms with Crippen LogP contribution in [0.15, 0.2) is 24.3 Å². The third kappa shape index (κ3) is 3.97. The molecule has 1 aliphatic rings. The van der Waals surface area contributed by atoms with Crippen molar-refractivity contribution >= 4 is 5.91 Å². The summed E-state index contributed by atoms with van der Waals surface area (Å²) in [5.74, 6) is 0.821. The molecular weight excluding hydrogens is 266 g/mol. The summed E-state index contributed by atoms with van der Waals surface area (Å²) in [6, 6.07) is 8.04. The Bertz CT molecular complexity index is 465. The van der Waals surface area contributed by atoms with Crippen LogP contribution in [0.4, 0.5) is 0 Å². The van der Waals surface area contributed by atoms with Gasteiger partial charge in [0.05, 0.1) is 6.61 Å². The number of likely N-dealkylation sites (tertiary alicyclic amines) is 1. The number of carbonyl (C=O) groups is 1. The molecule has 0 unspecified atom stereocenters. The summed E-state index contributed by atoms with van der Waals surface area (Å²) in [5.41, 5.74) is 0.700. The highest BCUT2D eigenvalue weighted by Gasteiger charge is 2.29. The van der Waals surface area contributed by atoms with Crippen molar-refractivity contribution in [3.63, 3.8) is 0 Å². The van der Waals surface area contributed by atoms with Crippen LogP contribution in [0.25, 0.3) is 0 Å². The van der Waals surface area contributed by atoms with E-state index in [0.29, 0.717) is 30.9 Å². The summed E-state index contributed by atoms with van der Waals surface area (Å²) in [4.78, 5) is 14.8. The topological polar surface area (TPSA) is 38.8 Å². The lowest BCUT2D eigenvalue weighted by Crippen LogP contribution is -2.47. The van der Waals surface area contributed by atoms with Crippen molar-refractivity contribution in [2.45, 2.75) is 45.2 Å². The minimum Gasteiger partial charge on any atom is -0.491 e. The van der Waals surface area contributed by atoms with Crippen molar-refractivity contribution in [3.8, 4) is 5.75 Å². The van der Waals surface area contributed by atoms with Gasteiger partial charge < -0.3 is 14.4 Å². The molecule has 2 rings (SSSR count). The number of amides is 1. The molecule has 1 heterocycles. The van der Waals surface area contributed by atoms with Crippen molar-refractivity contribution < 1.29 is 14.3 Å². The van der Waals surface area contributed by atoms with Gasteiger partial charge in [-0.15, -0.1) is 0 Å². The van der Waals surface area contributed by atoms with Gasteiger partial charge in [0.25, 0.3) is 5.91 Å². The summed E-state index contributed by atoms with van der Waals surface area (Å²) in [6.07, 6.45) is 3.37. The molecule has 1 aromatic rings. The highest BCUT2D eigenvalue weighted by molar-refractivity contribution is 5.95. The number of ether oxygens (including phenoxy) is 2. The molecule has 0 aliphatic carbocycles. The number of methoxy groups -OCH3 is 1. The molecule has 0 radical (unpaired) electrons. The van der Waals surface area contributed by atoms with E-state index in [1.54, 1.807) is 7.11 Å². The van der Waals surface area contributed by atoms with Crippen molar-refractivity contribution in [2.24, 2.45) is 0 Å². The van der Waals surface area contributed by atoms with Crippen LogP contribution < -0.4 is 4.74 Å². The molecule has 116 valence electrons. The molecular formula is C17H25NO3. The zero-order valence-corrected chi connectivity index (χ0v) is 13.2. The van der Waals surface area contributed by atoms with E-state index >= 15 is 0 Å². The van der Waals surface area contributed by atoms with Gasteiger partial charge in [0.2, 0.25) is 0 Å². The van der Waals surface area contributed by atoms with Gasteiger partial charge >= 0.3 is 0 Å². The van der Waals surface area contributed by atoms with Crippen LogP contribution in [0.5, 0.6) is 5.75 Å². The second kappa shape index (κ2) is 7.46. The van der Waals surface area contributed by atoms with Gasteiger partial charge in [-0.1, -0.05) is 6.07 Å². The average Bonchev–Trinajstić information content (AvgIpc) is 2.47. The molecule has 0 bridgehead atoms. The van der Waals surface area contributed by atoms with Crippen LogP contribution in [0.2, 0.25) is 0 Å². The normalized spacial score (nSPS) is 22.1. The number of piperidine rings is 1. The fourth-order valence-electron chi connectivity index (χ4n) is 2.93. The van der Waals surface area contributed by atoms with E-state index in [1.165, 1.54) is 6.42 Å². The second-order valence-electron chi connectivity index (χ2n) is 5.71. The summed E-state index contributed by atoms with van der Waals surface area (Å²) in [7, 11) is 1.64. The Morgan fingerprint density at radius 2 is 1.95 bits per heavy atom. The fourth-order valence-corrected chi connectivity index (χ4v) is 2.93. The van der Waals surface area contributed by atoms with Crippen LogP contribution in [-0.4, -0.2) is 43.2 Å². The molecule has 1 saturated heterocycles. The largest absolute Gasteiger partial charge is 0.491 e. The Labute approximate surface area is 127 Å². The third-order valence-corrected chi connectivity index (χ3v) is 4.07. The second-order valence-corrected chi connectivity index (χ2v) is 5.71. The quantitative estimate of drug-likeness (QED) is 0.782. The van der Waals surface area contributed by atoms with Crippen LogP contribution in [0.3, 0.4) is 0 Å². The Morgan fingerprint density at radius 3 is 2.62 bits per heavy atom. The molecule has 21 heavy (non-hydrogen) atoms. The summed E-state index contributed by atoms with van der Waals surface area (Å²) in [6.45, 7) is 5.29. The van der Waals surface area contributed by atoms with Crippen LogP contribution in [0, 0.1) is 0 Å². The lowest BCUT2D eigenvalue weighted by Gasteiger charge is -2.39. The minimum atomic E-state index is 0.104. The predicted octanol–water partition coefficient (Wildman–Crippen LogP) is 3.11. The van der Waals surface area contributed by atoms with E-state index in [2.05, 4.69) is 13.8 Å². The highest BCUT2D eigenvalue weighted by atomic mass is 16.5.